The summed E-state index contributed by atoms with van der Waals surface area (Å²) in [4.78, 5) is 7.93. The van der Waals surface area contributed by atoms with Crippen molar-refractivity contribution >= 4 is 16.5 Å². The Balaban J connectivity index is 1.96. The van der Waals surface area contributed by atoms with Crippen molar-refractivity contribution in [1.82, 2.24) is 15.2 Å². The maximum atomic E-state index is 5.66. The number of hydrogen-bond donors (Lipinski definition) is 2. The predicted octanol–water partition coefficient (Wildman–Crippen LogP) is 1.30. The molecule has 5 heteroatoms. The molecule has 0 aromatic carbocycles. The lowest BCUT2D eigenvalue weighted by Gasteiger charge is -2.27. The number of nitrogens with one attached hydrogen (secondary N) is 1. The highest BCUT2D eigenvalue weighted by molar-refractivity contribution is 7.15. The van der Waals surface area contributed by atoms with E-state index in [9.17, 15) is 0 Å². The van der Waals surface area contributed by atoms with Gasteiger partial charge in [-0.05, 0) is 25.9 Å². The quantitative estimate of drug-likeness (QED) is 0.814. The highest BCUT2D eigenvalue weighted by atomic mass is 32.1. The topological polar surface area (TPSA) is 54.2 Å². The number of aromatic nitrogens is 1. The minimum absolute atomic E-state index is 0.677. The SMILES string of the molecule is CCCN(Cc1cnc(N)s1)C1CCNC1. The van der Waals surface area contributed by atoms with Crippen molar-refractivity contribution in [3.63, 3.8) is 0 Å². The normalized spacial score (nSPS) is 20.8. The molecule has 4 nitrogen and oxygen atoms in total. The average Bonchev–Trinajstić information content (AvgIpc) is 2.88. The van der Waals surface area contributed by atoms with Crippen molar-refractivity contribution < 1.29 is 0 Å². The molecule has 1 saturated heterocycles. The first-order valence-electron chi connectivity index (χ1n) is 5.94. The Hall–Kier alpha value is -0.650. The lowest BCUT2D eigenvalue weighted by Crippen LogP contribution is -2.36. The minimum atomic E-state index is 0.677. The van der Waals surface area contributed by atoms with Gasteiger partial charge in [-0.25, -0.2) is 4.98 Å². The van der Waals surface area contributed by atoms with Gasteiger partial charge >= 0.3 is 0 Å². The van der Waals surface area contributed by atoms with Crippen LogP contribution in [0.3, 0.4) is 0 Å². The van der Waals surface area contributed by atoms with Crippen molar-refractivity contribution in [3.8, 4) is 0 Å². The number of thiazole rings is 1. The van der Waals surface area contributed by atoms with E-state index in [1.807, 2.05) is 6.20 Å². The standard InChI is InChI=1S/C11H20N4S/c1-2-5-15(9-3-4-13-6-9)8-10-7-14-11(12)16-10/h7,9,13H,2-6,8H2,1H3,(H2,12,14). The van der Waals surface area contributed by atoms with E-state index < -0.39 is 0 Å². The van der Waals surface area contributed by atoms with Crippen LogP contribution >= 0.6 is 11.3 Å². The van der Waals surface area contributed by atoms with E-state index in [2.05, 4.69) is 22.1 Å². The maximum Gasteiger partial charge on any atom is 0.180 e. The van der Waals surface area contributed by atoms with E-state index in [1.165, 1.54) is 17.7 Å². The highest BCUT2D eigenvalue weighted by Gasteiger charge is 2.22. The van der Waals surface area contributed by atoms with Crippen LogP contribution in [0.2, 0.25) is 0 Å². The smallest absolute Gasteiger partial charge is 0.180 e. The zero-order valence-electron chi connectivity index (χ0n) is 9.78. The first-order chi connectivity index (χ1) is 7.79. The van der Waals surface area contributed by atoms with Crippen molar-refractivity contribution in [1.29, 1.82) is 0 Å². The van der Waals surface area contributed by atoms with Crippen LogP contribution in [0.5, 0.6) is 0 Å². The van der Waals surface area contributed by atoms with Crippen LogP contribution in [0.1, 0.15) is 24.6 Å². The monoisotopic (exact) mass is 240 g/mol. The highest BCUT2D eigenvalue weighted by Crippen LogP contribution is 2.19. The van der Waals surface area contributed by atoms with E-state index >= 15 is 0 Å². The summed E-state index contributed by atoms with van der Waals surface area (Å²) in [5.74, 6) is 0. The fourth-order valence-corrected chi connectivity index (χ4v) is 2.93. The molecule has 0 spiro atoms. The maximum absolute atomic E-state index is 5.66. The van der Waals surface area contributed by atoms with Crippen LogP contribution in [-0.4, -0.2) is 35.6 Å². The van der Waals surface area contributed by atoms with E-state index in [0.717, 1.165) is 26.2 Å². The van der Waals surface area contributed by atoms with Gasteiger partial charge in [-0.3, -0.25) is 4.90 Å². The molecule has 3 N–H and O–H groups in total. The summed E-state index contributed by atoms with van der Waals surface area (Å²) < 4.78 is 0. The Kier molecular flexibility index (Phi) is 4.15. The van der Waals surface area contributed by atoms with E-state index in [4.69, 9.17) is 5.73 Å². The molecule has 1 aliphatic rings. The van der Waals surface area contributed by atoms with Gasteiger partial charge in [0.2, 0.25) is 0 Å². The molecule has 0 saturated carbocycles. The third kappa shape index (κ3) is 2.93. The molecule has 16 heavy (non-hydrogen) atoms. The van der Waals surface area contributed by atoms with Gasteiger partial charge in [-0.1, -0.05) is 6.92 Å². The summed E-state index contributed by atoms with van der Waals surface area (Å²) in [5, 5.41) is 4.10. The molecule has 1 aliphatic heterocycles. The van der Waals surface area contributed by atoms with Crippen LogP contribution in [0.4, 0.5) is 5.13 Å². The zero-order valence-corrected chi connectivity index (χ0v) is 10.6. The molecule has 2 heterocycles. The number of nitrogens with zero attached hydrogens (tertiary/aromatic N) is 2. The van der Waals surface area contributed by atoms with Crippen LogP contribution in [0, 0.1) is 0 Å². The minimum Gasteiger partial charge on any atom is -0.375 e. The number of rotatable bonds is 5. The lowest BCUT2D eigenvalue weighted by atomic mass is 10.2. The summed E-state index contributed by atoms with van der Waals surface area (Å²) in [6.45, 7) is 6.65. The fraction of sp³-hybridized carbons (Fsp3) is 0.727. The predicted molar refractivity (Wildman–Crippen MR) is 68.5 cm³/mol. The molecular formula is C11H20N4S. The van der Waals surface area contributed by atoms with Crippen molar-refractivity contribution in [2.24, 2.45) is 0 Å². The summed E-state index contributed by atoms with van der Waals surface area (Å²) in [7, 11) is 0. The lowest BCUT2D eigenvalue weighted by molar-refractivity contribution is 0.201. The van der Waals surface area contributed by atoms with E-state index in [0.29, 0.717) is 11.2 Å². The van der Waals surface area contributed by atoms with Gasteiger partial charge in [0.25, 0.3) is 0 Å². The van der Waals surface area contributed by atoms with Crippen molar-refractivity contribution in [3.05, 3.63) is 11.1 Å². The van der Waals surface area contributed by atoms with Gasteiger partial charge in [0, 0.05) is 30.2 Å². The number of nitrogen functional groups attached to an aromatic ring is 1. The molecular weight excluding hydrogens is 220 g/mol. The Bertz CT molecular complexity index is 320. The van der Waals surface area contributed by atoms with Crippen LogP contribution in [0.15, 0.2) is 6.20 Å². The zero-order chi connectivity index (χ0) is 11.4. The summed E-state index contributed by atoms with van der Waals surface area (Å²) in [6.07, 6.45) is 4.37. The molecule has 0 amide bonds. The molecule has 1 atom stereocenters. The van der Waals surface area contributed by atoms with Gasteiger partial charge in [-0.15, -0.1) is 11.3 Å². The summed E-state index contributed by atoms with van der Waals surface area (Å²) in [6, 6.07) is 0.684. The molecule has 1 unspecified atom stereocenters. The van der Waals surface area contributed by atoms with Gasteiger partial charge in [0.15, 0.2) is 5.13 Å². The molecule has 1 fully saturated rings. The van der Waals surface area contributed by atoms with Crippen LogP contribution in [-0.2, 0) is 6.54 Å². The van der Waals surface area contributed by atoms with E-state index in [1.54, 1.807) is 11.3 Å². The Labute approximate surface area is 101 Å². The molecule has 90 valence electrons. The molecule has 1 aromatic rings. The van der Waals surface area contributed by atoms with Crippen LogP contribution in [0.25, 0.3) is 0 Å². The molecule has 0 radical (unpaired) electrons. The van der Waals surface area contributed by atoms with Gasteiger partial charge in [0.05, 0.1) is 0 Å². The summed E-state index contributed by atoms with van der Waals surface area (Å²) in [5.41, 5.74) is 5.66. The average molecular weight is 240 g/mol. The summed E-state index contributed by atoms with van der Waals surface area (Å²) >= 11 is 1.61. The third-order valence-corrected chi connectivity index (χ3v) is 3.80. The van der Waals surface area contributed by atoms with E-state index in [-0.39, 0.29) is 0 Å². The van der Waals surface area contributed by atoms with Crippen molar-refractivity contribution in [2.45, 2.75) is 32.4 Å². The van der Waals surface area contributed by atoms with Gasteiger partial charge in [-0.2, -0.15) is 0 Å². The molecule has 2 rings (SSSR count). The van der Waals surface area contributed by atoms with Gasteiger partial charge in [0.1, 0.15) is 0 Å². The Morgan fingerprint density at radius 2 is 2.56 bits per heavy atom. The Morgan fingerprint density at radius 1 is 1.69 bits per heavy atom. The van der Waals surface area contributed by atoms with Gasteiger partial charge < -0.3 is 11.1 Å². The number of hydrogen-bond acceptors (Lipinski definition) is 5. The third-order valence-electron chi connectivity index (χ3n) is 2.99. The number of anilines is 1. The first kappa shape index (κ1) is 11.8. The Morgan fingerprint density at radius 3 is 3.12 bits per heavy atom. The second kappa shape index (κ2) is 5.61. The number of nitrogens with two attached hydrogens (primary N) is 1. The second-order valence-electron chi connectivity index (χ2n) is 4.28. The largest absolute Gasteiger partial charge is 0.375 e. The first-order valence-corrected chi connectivity index (χ1v) is 6.76. The molecule has 0 bridgehead atoms. The second-order valence-corrected chi connectivity index (χ2v) is 5.43. The fourth-order valence-electron chi connectivity index (χ4n) is 2.22. The van der Waals surface area contributed by atoms with Crippen LogP contribution < -0.4 is 11.1 Å². The molecule has 0 aliphatic carbocycles. The van der Waals surface area contributed by atoms with Crippen molar-refractivity contribution in [2.75, 3.05) is 25.4 Å². The molecule has 1 aromatic heterocycles.